The molecule has 0 rings (SSSR count). The number of hydrogen-bond acceptors (Lipinski definition) is 4. The minimum absolute atomic E-state index is 0.223. The molecule has 15 heavy (non-hydrogen) atoms. The molecule has 0 saturated heterocycles. The molecule has 0 amide bonds. The van der Waals surface area contributed by atoms with Gasteiger partial charge in [-0.25, -0.2) is 0 Å². The van der Waals surface area contributed by atoms with E-state index in [2.05, 4.69) is 10.00 Å². The van der Waals surface area contributed by atoms with Gasteiger partial charge in [0.1, 0.15) is 0 Å². The Bertz CT molecular complexity index is 194. The second kappa shape index (κ2) is 10.3. The van der Waals surface area contributed by atoms with Crippen LogP contribution in [0.2, 0.25) is 0 Å². The Labute approximate surface area is 102 Å². The van der Waals surface area contributed by atoms with Crippen LogP contribution in [0.4, 0.5) is 0 Å². The van der Waals surface area contributed by atoms with Crippen LogP contribution >= 0.6 is 0 Å². The average Bonchev–Trinajstić information content (AvgIpc) is 2.17. The summed E-state index contributed by atoms with van der Waals surface area (Å²) in [5, 5.41) is 0. The van der Waals surface area contributed by atoms with E-state index in [9.17, 15) is 9.59 Å². The molecule has 0 spiro atoms. The average molecular weight is 321 g/mol. The molecule has 0 aliphatic heterocycles. The molecule has 0 heterocycles. The fraction of sp³-hybridized carbons (Fsp3) is 0.800. The maximum absolute atomic E-state index is 11.1. The fourth-order valence-corrected chi connectivity index (χ4v) is 2.06. The summed E-state index contributed by atoms with van der Waals surface area (Å²) in [6.07, 6.45) is 5.99. The standard InChI is InChI=1S/C8H16O2.C2H4O2.Sn/c1-2-3-4-5-6-7-8(9)10;1-2(3)4;/h2-7H2,1H3,(H,9,10);1H3,(H,3,4);/q;;+2/p-2. The zero-order valence-electron chi connectivity index (χ0n) is 9.38. The van der Waals surface area contributed by atoms with E-state index in [-0.39, 0.29) is 11.9 Å². The SMILES string of the molecule is CCCCCCCC(=O)[O][Sn][O]C(C)=O. The molecule has 2 radical (unpaired) electrons. The first-order chi connectivity index (χ1) is 7.16. The van der Waals surface area contributed by atoms with E-state index < -0.39 is 22.0 Å². The normalized spacial score (nSPS) is 9.73. The summed E-state index contributed by atoms with van der Waals surface area (Å²) < 4.78 is 9.49. The number of carbonyl (C=O) groups excluding carboxylic acids is 2. The molecular formula is C10H18O4Sn. The zero-order chi connectivity index (χ0) is 11.5. The summed E-state index contributed by atoms with van der Waals surface area (Å²) in [6.45, 7) is 3.47. The summed E-state index contributed by atoms with van der Waals surface area (Å²) in [5.74, 6) is -0.586. The second-order valence-electron chi connectivity index (χ2n) is 3.32. The molecule has 0 atom stereocenters. The molecule has 0 unspecified atom stereocenters. The quantitative estimate of drug-likeness (QED) is 0.507. The molecule has 4 nitrogen and oxygen atoms in total. The Balaban J connectivity index is 3.22. The first-order valence-corrected chi connectivity index (χ1v) is 7.62. The summed E-state index contributed by atoms with van der Waals surface area (Å²) in [4.78, 5) is 21.5. The molecule has 0 bridgehead atoms. The van der Waals surface area contributed by atoms with Crippen molar-refractivity contribution in [3.05, 3.63) is 0 Å². The van der Waals surface area contributed by atoms with Crippen molar-refractivity contribution < 1.29 is 15.7 Å². The molecule has 0 aliphatic rings. The van der Waals surface area contributed by atoms with Gasteiger partial charge in [0, 0.05) is 0 Å². The van der Waals surface area contributed by atoms with Gasteiger partial charge in [-0.3, -0.25) is 0 Å². The van der Waals surface area contributed by atoms with Crippen molar-refractivity contribution in [1.82, 2.24) is 0 Å². The molecule has 0 aliphatic carbocycles. The molecule has 5 heteroatoms. The van der Waals surface area contributed by atoms with Crippen molar-refractivity contribution in [3.63, 3.8) is 0 Å². The van der Waals surface area contributed by atoms with Gasteiger partial charge in [0.2, 0.25) is 0 Å². The van der Waals surface area contributed by atoms with Gasteiger partial charge in [-0.1, -0.05) is 0 Å². The Morgan fingerprint density at radius 3 is 2.33 bits per heavy atom. The van der Waals surface area contributed by atoms with Crippen molar-refractivity contribution in [1.29, 1.82) is 0 Å². The predicted octanol–water partition coefficient (Wildman–Crippen LogP) is 1.99. The summed E-state index contributed by atoms with van der Waals surface area (Å²) in [7, 11) is 0. The van der Waals surface area contributed by atoms with E-state index in [0.29, 0.717) is 6.42 Å². The van der Waals surface area contributed by atoms with Crippen molar-refractivity contribution in [2.75, 3.05) is 0 Å². The van der Waals surface area contributed by atoms with Crippen LogP contribution in [0.25, 0.3) is 0 Å². The van der Waals surface area contributed by atoms with Crippen molar-refractivity contribution >= 4 is 33.9 Å². The first-order valence-electron chi connectivity index (χ1n) is 5.29. The van der Waals surface area contributed by atoms with E-state index in [1.54, 1.807) is 0 Å². The Kier molecular flexibility index (Phi) is 10.1. The van der Waals surface area contributed by atoms with Gasteiger partial charge < -0.3 is 0 Å². The van der Waals surface area contributed by atoms with Crippen LogP contribution in [0.15, 0.2) is 0 Å². The number of hydrogen-bond donors (Lipinski definition) is 0. The minimum atomic E-state index is -1.69. The molecule has 0 fully saturated rings. The Morgan fingerprint density at radius 2 is 1.73 bits per heavy atom. The van der Waals surface area contributed by atoms with E-state index in [4.69, 9.17) is 3.07 Å². The van der Waals surface area contributed by atoms with Gasteiger partial charge in [0.25, 0.3) is 0 Å². The fourth-order valence-electron chi connectivity index (χ4n) is 1.05. The molecule has 86 valence electrons. The van der Waals surface area contributed by atoms with Crippen LogP contribution in [0, 0.1) is 0 Å². The van der Waals surface area contributed by atoms with E-state index in [1.165, 1.54) is 26.2 Å². The van der Waals surface area contributed by atoms with Crippen LogP contribution in [0.1, 0.15) is 52.4 Å². The monoisotopic (exact) mass is 322 g/mol. The van der Waals surface area contributed by atoms with Crippen molar-refractivity contribution in [3.8, 4) is 0 Å². The third-order valence-corrected chi connectivity index (χ3v) is 3.77. The van der Waals surface area contributed by atoms with E-state index in [0.717, 1.165) is 12.8 Å². The van der Waals surface area contributed by atoms with E-state index >= 15 is 0 Å². The number of rotatable bonds is 8. The van der Waals surface area contributed by atoms with Gasteiger partial charge >= 0.3 is 102 Å². The third-order valence-electron chi connectivity index (χ3n) is 1.83. The van der Waals surface area contributed by atoms with Crippen molar-refractivity contribution in [2.45, 2.75) is 52.4 Å². The molecular weight excluding hydrogens is 303 g/mol. The number of unbranched alkanes of at least 4 members (excludes halogenated alkanes) is 4. The summed E-state index contributed by atoms with van der Waals surface area (Å²) in [5.41, 5.74) is 0. The topological polar surface area (TPSA) is 52.6 Å². The Hall–Kier alpha value is -0.261. The van der Waals surface area contributed by atoms with E-state index in [1.807, 2.05) is 0 Å². The van der Waals surface area contributed by atoms with Gasteiger partial charge in [0.05, 0.1) is 0 Å². The maximum atomic E-state index is 11.1. The molecule has 0 N–H and O–H groups in total. The molecule has 0 aromatic heterocycles. The third kappa shape index (κ3) is 11.7. The van der Waals surface area contributed by atoms with Gasteiger partial charge in [0.15, 0.2) is 0 Å². The molecule has 0 aromatic carbocycles. The number of carbonyl (C=O) groups is 2. The van der Waals surface area contributed by atoms with Gasteiger partial charge in [-0.15, -0.1) is 0 Å². The predicted molar refractivity (Wildman–Crippen MR) is 57.0 cm³/mol. The van der Waals surface area contributed by atoms with Crippen LogP contribution in [0.5, 0.6) is 0 Å². The second-order valence-corrected chi connectivity index (χ2v) is 4.96. The molecule has 0 saturated carbocycles. The van der Waals surface area contributed by atoms with Gasteiger partial charge in [-0.2, -0.15) is 0 Å². The Morgan fingerprint density at radius 1 is 1.07 bits per heavy atom. The van der Waals surface area contributed by atoms with Crippen LogP contribution in [-0.2, 0) is 15.7 Å². The van der Waals surface area contributed by atoms with Gasteiger partial charge in [-0.05, 0) is 0 Å². The summed E-state index contributed by atoms with van der Waals surface area (Å²) >= 11 is -1.69. The van der Waals surface area contributed by atoms with Crippen LogP contribution < -0.4 is 0 Å². The molecule has 0 aromatic rings. The first kappa shape index (κ1) is 14.7. The summed E-state index contributed by atoms with van der Waals surface area (Å²) in [6, 6.07) is 0. The van der Waals surface area contributed by atoms with Crippen LogP contribution in [-0.4, -0.2) is 33.9 Å². The zero-order valence-corrected chi connectivity index (χ0v) is 12.2. The van der Waals surface area contributed by atoms with Crippen LogP contribution in [0.3, 0.4) is 0 Å². The van der Waals surface area contributed by atoms with Crippen molar-refractivity contribution in [2.24, 2.45) is 0 Å².